The highest BCUT2D eigenvalue weighted by Crippen LogP contribution is 2.07. The molecule has 0 heterocycles. The molecule has 0 aromatic heterocycles. The SMILES string of the molecule is CC(O)CN(CCC(=O)O)C(=O)Cc1ccc(F)cc1. The summed E-state index contributed by atoms with van der Waals surface area (Å²) in [6.07, 6.45) is -0.866. The molecule has 0 fully saturated rings. The summed E-state index contributed by atoms with van der Waals surface area (Å²) >= 11 is 0. The minimum absolute atomic E-state index is 0.0419. The summed E-state index contributed by atoms with van der Waals surface area (Å²) in [5.74, 6) is -1.68. The van der Waals surface area contributed by atoms with Crippen LogP contribution in [-0.2, 0) is 16.0 Å². The predicted octanol–water partition coefficient (Wildman–Crippen LogP) is 1.05. The lowest BCUT2D eigenvalue weighted by molar-refractivity contribution is -0.138. The van der Waals surface area contributed by atoms with Gasteiger partial charge in [-0.25, -0.2) is 4.39 Å². The third-order valence-electron chi connectivity index (χ3n) is 2.70. The van der Waals surface area contributed by atoms with Gasteiger partial charge in [-0.2, -0.15) is 0 Å². The third-order valence-corrected chi connectivity index (χ3v) is 2.70. The molecule has 20 heavy (non-hydrogen) atoms. The Morgan fingerprint density at radius 2 is 1.90 bits per heavy atom. The summed E-state index contributed by atoms with van der Waals surface area (Å²) in [6, 6.07) is 5.54. The van der Waals surface area contributed by atoms with Gasteiger partial charge in [0.25, 0.3) is 0 Å². The number of aliphatic hydroxyl groups excluding tert-OH is 1. The zero-order chi connectivity index (χ0) is 15.1. The summed E-state index contributed by atoms with van der Waals surface area (Å²) in [4.78, 5) is 23.9. The van der Waals surface area contributed by atoms with E-state index in [1.807, 2.05) is 0 Å². The molecule has 1 amide bonds. The van der Waals surface area contributed by atoms with Gasteiger partial charge in [0.15, 0.2) is 0 Å². The number of hydrogen-bond donors (Lipinski definition) is 2. The van der Waals surface area contributed by atoms with Gasteiger partial charge < -0.3 is 15.1 Å². The first-order chi connectivity index (χ1) is 9.38. The van der Waals surface area contributed by atoms with E-state index in [-0.39, 0.29) is 37.7 Å². The van der Waals surface area contributed by atoms with Crippen molar-refractivity contribution in [2.24, 2.45) is 0 Å². The van der Waals surface area contributed by atoms with E-state index in [4.69, 9.17) is 5.11 Å². The molecular weight excluding hydrogens is 265 g/mol. The second kappa shape index (κ2) is 7.59. The Morgan fingerprint density at radius 3 is 2.40 bits per heavy atom. The van der Waals surface area contributed by atoms with E-state index in [0.29, 0.717) is 5.56 Å². The highest BCUT2D eigenvalue weighted by atomic mass is 19.1. The Morgan fingerprint density at radius 1 is 1.30 bits per heavy atom. The number of carbonyl (C=O) groups excluding carboxylic acids is 1. The molecule has 0 aliphatic carbocycles. The van der Waals surface area contributed by atoms with Gasteiger partial charge in [0.1, 0.15) is 5.82 Å². The molecule has 1 aromatic rings. The standard InChI is InChI=1S/C14H18FNO4/c1-10(17)9-16(7-6-14(19)20)13(18)8-11-2-4-12(15)5-3-11/h2-5,10,17H,6-9H2,1H3,(H,19,20). The minimum atomic E-state index is -1.00. The molecule has 5 nitrogen and oxygen atoms in total. The van der Waals surface area contributed by atoms with Crippen LogP contribution in [0.5, 0.6) is 0 Å². The number of aliphatic hydroxyl groups is 1. The molecule has 6 heteroatoms. The molecular formula is C14H18FNO4. The van der Waals surface area contributed by atoms with E-state index < -0.39 is 12.1 Å². The maximum Gasteiger partial charge on any atom is 0.305 e. The lowest BCUT2D eigenvalue weighted by Gasteiger charge is -2.23. The largest absolute Gasteiger partial charge is 0.481 e. The number of carbonyl (C=O) groups is 2. The van der Waals surface area contributed by atoms with Crippen LogP contribution in [0, 0.1) is 5.82 Å². The van der Waals surface area contributed by atoms with Crippen molar-refractivity contribution < 1.29 is 24.2 Å². The first-order valence-corrected chi connectivity index (χ1v) is 6.30. The number of benzene rings is 1. The fourth-order valence-corrected chi connectivity index (χ4v) is 1.76. The van der Waals surface area contributed by atoms with Crippen LogP contribution in [0.15, 0.2) is 24.3 Å². The zero-order valence-electron chi connectivity index (χ0n) is 11.3. The van der Waals surface area contributed by atoms with Gasteiger partial charge in [-0.1, -0.05) is 12.1 Å². The summed E-state index contributed by atoms with van der Waals surface area (Å²) in [5.41, 5.74) is 0.641. The van der Waals surface area contributed by atoms with Crippen LogP contribution in [0.2, 0.25) is 0 Å². The van der Waals surface area contributed by atoms with Crippen molar-refractivity contribution in [2.45, 2.75) is 25.9 Å². The van der Waals surface area contributed by atoms with Crippen molar-refractivity contribution in [2.75, 3.05) is 13.1 Å². The highest BCUT2D eigenvalue weighted by Gasteiger charge is 2.17. The second-order valence-corrected chi connectivity index (χ2v) is 4.64. The molecule has 1 unspecified atom stereocenters. The summed E-state index contributed by atoms with van der Waals surface area (Å²) in [5, 5.41) is 18.0. The third kappa shape index (κ3) is 5.79. The number of hydrogen-bond acceptors (Lipinski definition) is 3. The molecule has 2 N–H and O–H groups in total. The topological polar surface area (TPSA) is 77.8 Å². The number of aliphatic carboxylic acids is 1. The van der Waals surface area contributed by atoms with Crippen LogP contribution >= 0.6 is 0 Å². The van der Waals surface area contributed by atoms with Crippen molar-refractivity contribution >= 4 is 11.9 Å². The Bertz CT molecular complexity index is 459. The quantitative estimate of drug-likeness (QED) is 0.784. The summed E-state index contributed by atoms with van der Waals surface area (Å²) in [7, 11) is 0. The van der Waals surface area contributed by atoms with Gasteiger partial charge >= 0.3 is 5.97 Å². The Hall–Kier alpha value is -1.95. The van der Waals surface area contributed by atoms with E-state index in [9.17, 15) is 19.1 Å². The number of carboxylic acids is 1. The molecule has 0 saturated heterocycles. The number of carboxylic acid groups (broad SMARTS) is 1. The van der Waals surface area contributed by atoms with Gasteiger partial charge in [-0.3, -0.25) is 9.59 Å². The molecule has 0 aliphatic heterocycles. The van der Waals surface area contributed by atoms with Crippen LogP contribution in [0.1, 0.15) is 18.9 Å². The maximum absolute atomic E-state index is 12.8. The molecule has 1 rings (SSSR count). The molecule has 0 radical (unpaired) electrons. The van der Waals surface area contributed by atoms with Crippen LogP contribution < -0.4 is 0 Å². The van der Waals surface area contributed by atoms with Crippen LogP contribution in [0.4, 0.5) is 4.39 Å². The van der Waals surface area contributed by atoms with Crippen molar-refractivity contribution in [1.29, 1.82) is 0 Å². The highest BCUT2D eigenvalue weighted by molar-refractivity contribution is 5.79. The van der Waals surface area contributed by atoms with E-state index in [1.165, 1.54) is 36.1 Å². The molecule has 1 aromatic carbocycles. The van der Waals surface area contributed by atoms with Gasteiger partial charge in [-0.15, -0.1) is 0 Å². The van der Waals surface area contributed by atoms with E-state index in [2.05, 4.69) is 0 Å². The fraction of sp³-hybridized carbons (Fsp3) is 0.429. The van der Waals surface area contributed by atoms with Gasteiger partial charge in [0, 0.05) is 13.1 Å². The molecule has 1 atom stereocenters. The van der Waals surface area contributed by atoms with Crippen molar-refractivity contribution in [3.05, 3.63) is 35.6 Å². The van der Waals surface area contributed by atoms with E-state index in [1.54, 1.807) is 0 Å². The Labute approximate surface area is 116 Å². The van der Waals surface area contributed by atoms with Crippen LogP contribution in [-0.4, -0.2) is 46.2 Å². The zero-order valence-corrected chi connectivity index (χ0v) is 11.3. The number of rotatable bonds is 7. The van der Waals surface area contributed by atoms with E-state index in [0.717, 1.165) is 0 Å². The normalized spacial score (nSPS) is 11.9. The fourth-order valence-electron chi connectivity index (χ4n) is 1.76. The van der Waals surface area contributed by atoms with Crippen molar-refractivity contribution in [3.63, 3.8) is 0 Å². The summed E-state index contributed by atoms with van der Waals surface area (Å²) < 4.78 is 12.8. The predicted molar refractivity (Wildman–Crippen MR) is 70.6 cm³/mol. The van der Waals surface area contributed by atoms with Gasteiger partial charge in [-0.05, 0) is 24.6 Å². The average molecular weight is 283 g/mol. The Kier molecular flexibility index (Phi) is 6.11. The minimum Gasteiger partial charge on any atom is -0.481 e. The van der Waals surface area contributed by atoms with Gasteiger partial charge in [0.2, 0.25) is 5.91 Å². The first-order valence-electron chi connectivity index (χ1n) is 6.30. The monoisotopic (exact) mass is 283 g/mol. The number of amides is 1. The molecule has 0 aliphatic rings. The molecule has 0 saturated carbocycles. The average Bonchev–Trinajstić information content (AvgIpc) is 2.36. The van der Waals surface area contributed by atoms with E-state index >= 15 is 0 Å². The van der Waals surface area contributed by atoms with Crippen molar-refractivity contribution in [1.82, 2.24) is 4.90 Å². The Balaban J connectivity index is 2.66. The molecule has 0 bridgehead atoms. The van der Waals surface area contributed by atoms with Gasteiger partial charge in [0.05, 0.1) is 18.9 Å². The maximum atomic E-state index is 12.8. The van der Waals surface area contributed by atoms with Crippen molar-refractivity contribution in [3.8, 4) is 0 Å². The molecule has 110 valence electrons. The van der Waals surface area contributed by atoms with Crippen LogP contribution in [0.25, 0.3) is 0 Å². The smallest absolute Gasteiger partial charge is 0.305 e. The first kappa shape index (κ1) is 16.1. The number of nitrogens with zero attached hydrogens (tertiary/aromatic N) is 1. The number of halogens is 1. The lowest BCUT2D eigenvalue weighted by Crippen LogP contribution is -2.39. The molecule has 0 spiro atoms. The lowest BCUT2D eigenvalue weighted by atomic mass is 10.1. The summed E-state index contributed by atoms with van der Waals surface area (Å²) in [6.45, 7) is 1.65. The second-order valence-electron chi connectivity index (χ2n) is 4.64. The van der Waals surface area contributed by atoms with Crippen LogP contribution in [0.3, 0.4) is 0 Å².